The van der Waals surface area contributed by atoms with E-state index in [-0.39, 0.29) is 0 Å². The maximum atomic E-state index is 11.2. The molecule has 1 aromatic carbocycles. The fourth-order valence-electron chi connectivity index (χ4n) is 1.12. The van der Waals surface area contributed by atoms with Gasteiger partial charge in [0.25, 0.3) is 0 Å². The number of ether oxygens (including phenoxy) is 2. The molecule has 0 aliphatic rings. The van der Waals surface area contributed by atoms with Gasteiger partial charge in [-0.05, 0) is 25.1 Å². The molecule has 0 fully saturated rings. The summed E-state index contributed by atoms with van der Waals surface area (Å²) in [5.41, 5.74) is 0. The van der Waals surface area contributed by atoms with Gasteiger partial charge in [-0.25, -0.2) is 4.79 Å². The summed E-state index contributed by atoms with van der Waals surface area (Å²) in [6.45, 7) is 3.98. The number of hydrogen-bond acceptors (Lipinski definition) is 4. The van der Waals surface area contributed by atoms with Gasteiger partial charge >= 0.3 is 6.16 Å². The maximum absolute atomic E-state index is 11.2. The van der Waals surface area contributed by atoms with E-state index in [4.69, 9.17) is 9.47 Å². The molecule has 16 heavy (non-hydrogen) atoms. The third-order valence-corrected chi connectivity index (χ3v) is 1.87. The van der Waals surface area contributed by atoms with Crippen LogP contribution in [-0.2, 0) is 4.74 Å². The molecule has 1 N–H and O–H groups in total. The number of rotatable bonds is 6. The highest BCUT2D eigenvalue weighted by Crippen LogP contribution is 2.08. The molecule has 0 amide bonds. The number of nitrogens with one attached hydrogen (secondary N) is 1. The molecule has 4 heteroatoms. The van der Waals surface area contributed by atoms with Crippen LogP contribution in [0, 0.1) is 0 Å². The van der Waals surface area contributed by atoms with E-state index in [1.807, 2.05) is 6.07 Å². The second-order valence-electron chi connectivity index (χ2n) is 3.26. The van der Waals surface area contributed by atoms with Crippen molar-refractivity contribution in [1.29, 1.82) is 0 Å². The minimum atomic E-state index is -0.663. The van der Waals surface area contributed by atoms with Crippen LogP contribution in [-0.4, -0.2) is 25.9 Å². The zero-order valence-electron chi connectivity index (χ0n) is 9.44. The molecule has 88 valence electrons. The predicted octanol–water partition coefficient (Wildman–Crippen LogP) is 2.20. The Morgan fingerprint density at radius 1 is 1.25 bits per heavy atom. The summed E-state index contributed by atoms with van der Waals surface area (Å²) < 4.78 is 9.80. The van der Waals surface area contributed by atoms with Crippen molar-refractivity contribution in [3.8, 4) is 5.75 Å². The van der Waals surface area contributed by atoms with Gasteiger partial charge in [-0.1, -0.05) is 25.1 Å². The average Bonchev–Trinajstić information content (AvgIpc) is 2.30. The Labute approximate surface area is 95.6 Å². The van der Waals surface area contributed by atoms with Crippen LogP contribution in [0.5, 0.6) is 5.75 Å². The molecule has 0 bridgehead atoms. The summed E-state index contributed by atoms with van der Waals surface area (Å²) in [4.78, 5) is 11.2. The van der Waals surface area contributed by atoms with Crippen LogP contribution in [0.4, 0.5) is 4.79 Å². The van der Waals surface area contributed by atoms with Crippen molar-refractivity contribution in [2.45, 2.75) is 13.3 Å². The maximum Gasteiger partial charge on any atom is 0.513 e. The van der Waals surface area contributed by atoms with Crippen LogP contribution in [0.15, 0.2) is 30.3 Å². The SMILES string of the molecule is CCCNCCOC(=O)Oc1ccccc1. The van der Waals surface area contributed by atoms with Crippen molar-refractivity contribution in [3.05, 3.63) is 30.3 Å². The van der Waals surface area contributed by atoms with Crippen LogP contribution in [0.2, 0.25) is 0 Å². The lowest BCUT2D eigenvalue weighted by molar-refractivity contribution is 0.0998. The van der Waals surface area contributed by atoms with Crippen LogP contribution >= 0.6 is 0 Å². The molecule has 0 spiro atoms. The lowest BCUT2D eigenvalue weighted by Gasteiger charge is -2.06. The fourth-order valence-corrected chi connectivity index (χ4v) is 1.12. The summed E-state index contributed by atoms with van der Waals surface area (Å²) in [5.74, 6) is 0.494. The first-order chi connectivity index (χ1) is 7.83. The quantitative estimate of drug-likeness (QED) is 0.456. The van der Waals surface area contributed by atoms with Crippen LogP contribution in [0.25, 0.3) is 0 Å². The van der Waals surface area contributed by atoms with Crippen molar-refractivity contribution in [2.75, 3.05) is 19.7 Å². The summed E-state index contributed by atoms with van der Waals surface area (Å²) >= 11 is 0. The van der Waals surface area contributed by atoms with E-state index in [2.05, 4.69) is 12.2 Å². The second kappa shape index (κ2) is 7.70. The molecule has 0 unspecified atom stereocenters. The van der Waals surface area contributed by atoms with Crippen LogP contribution < -0.4 is 10.1 Å². The Morgan fingerprint density at radius 3 is 2.69 bits per heavy atom. The lowest BCUT2D eigenvalue weighted by atomic mass is 10.3. The van der Waals surface area contributed by atoms with E-state index in [1.165, 1.54) is 0 Å². The number of para-hydroxylation sites is 1. The molecular weight excluding hydrogens is 206 g/mol. The van der Waals surface area contributed by atoms with Gasteiger partial charge in [0.05, 0.1) is 0 Å². The van der Waals surface area contributed by atoms with Crippen molar-refractivity contribution in [2.24, 2.45) is 0 Å². The molecule has 0 aromatic heterocycles. The van der Waals surface area contributed by atoms with Crippen molar-refractivity contribution in [1.82, 2.24) is 5.32 Å². The van der Waals surface area contributed by atoms with Crippen molar-refractivity contribution in [3.63, 3.8) is 0 Å². The Morgan fingerprint density at radius 2 is 2.00 bits per heavy atom. The highest BCUT2D eigenvalue weighted by atomic mass is 16.7. The number of carbonyl (C=O) groups excluding carboxylic acids is 1. The van der Waals surface area contributed by atoms with Crippen LogP contribution in [0.1, 0.15) is 13.3 Å². The fraction of sp³-hybridized carbons (Fsp3) is 0.417. The van der Waals surface area contributed by atoms with Gasteiger partial charge in [-0.3, -0.25) is 0 Å². The standard InChI is InChI=1S/C12H17NO3/c1-2-8-13-9-10-15-12(14)16-11-6-4-3-5-7-11/h3-7,13H,2,8-10H2,1H3. The molecule has 1 rings (SSSR count). The molecule has 0 aliphatic heterocycles. The lowest BCUT2D eigenvalue weighted by Crippen LogP contribution is -2.23. The van der Waals surface area contributed by atoms with Gasteiger partial charge in [0.1, 0.15) is 12.4 Å². The first-order valence-corrected chi connectivity index (χ1v) is 5.43. The molecule has 1 aromatic rings. The first kappa shape index (κ1) is 12.5. The largest absolute Gasteiger partial charge is 0.513 e. The molecule has 4 nitrogen and oxygen atoms in total. The van der Waals surface area contributed by atoms with E-state index < -0.39 is 6.16 Å². The minimum Gasteiger partial charge on any atom is -0.433 e. The van der Waals surface area contributed by atoms with Gasteiger partial charge in [0.2, 0.25) is 0 Å². The van der Waals surface area contributed by atoms with Crippen molar-refractivity contribution < 1.29 is 14.3 Å². The molecule has 0 radical (unpaired) electrons. The topological polar surface area (TPSA) is 47.6 Å². The second-order valence-corrected chi connectivity index (χ2v) is 3.26. The molecule has 0 saturated heterocycles. The highest BCUT2D eigenvalue weighted by molar-refractivity contribution is 5.63. The summed E-state index contributed by atoms with van der Waals surface area (Å²) in [7, 11) is 0. The zero-order chi connectivity index (χ0) is 11.6. The summed E-state index contributed by atoms with van der Waals surface area (Å²) in [6, 6.07) is 8.86. The minimum absolute atomic E-state index is 0.325. The van der Waals surface area contributed by atoms with E-state index in [0.29, 0.717) is 18.9 Å². The normalized spacial score (nSPS) is 9.81. The van der Waals surface area contributed by atoms with E-state index in [9.17, 15) is 4.79 Å². The van der Waals surface area contributed by atoms with Crippen LogP contribution in [0.3, 0.4) is 0 Å². The summed E-state index contributed by atoms with van der Waals surface area (Å²) in [5, 5.41) is 3.12. The Hall–Kier alpha value is -1.55. The van der Waals surface area contributed by atoms with Gasteiger partial charge in [-0.15, -0.1) is 0 Å². The smallest absolute Gasteiger partial charge is 0.433 e. The Kier molecular flexibility index (Phi) is 6.03. The molecular formula is C12H17NO3. The van der Waals surface area contributed by atoms with Gasteiger partial charge in [0.15, 0.2) is 0 Å². The predicted molar refractivity (Wildman–Crippen MR) is 61.6 cm³/mol. The van der Waals surface area contributed by atoms with Gasteiger partial charge in [0, 0.05) is 6.54 Å². The van der Waals surface area contributed by atoms with Gasteiger partial charge in [-0.2, -0.15) is 0 Å². The summed E-state index contributed by atoms with van der Waals surface area (Å²) in [6.07, 6.45) is 0.401. The molecule has 0 atom stereocenters. The first-order valence-electron chi connectivity index (χ1n) is 5.43. The molecule has 0 heterocycles. The number of hydrogen-bond donors (Lipinski definition) is 1. The Balaban J connectivity index is 2.12. The average molecular weight is 223 g/mol. The molecule has 0 saturated carbocycles. The van der Waals surface area contributed by atoms with E-state index >= 15 is 0 Å². The van der Waals surface area contributed by atoms with E-state index in [1.54, 1.807) is 24.3 Å². The third-order valence-electron chi connectivity index (χ3n) is 1.87. The highest BCUT2D eigenvalue weighted by Gasteiger charge is 2.04. The Bertz CT molecular complexity index is 300. The van der Waals surface area contributed by atoms with Gasteiger partial charge < -0.3 is 14.8 Å². The molecule has 0 aliphatic carbocycles. The van der Waals surface area contributed by atoms with Crippen molar-refractivity contribution >= 4 is 6.16 Å². The monoisotopic (exact) mass is 223 g/mol. The zero-order valence-corrected chi connectivity index (χ0v) is 9.44. The third kappa shape index (κ3) is 5.36. The van der Waals surface area contributed by atoms with E-state index in [0.717, 1.165) is 13.0 Å². The number of benzene rings is 1. The number of carbonyl (C=O) groups is 1.